The number of benzene rings is 2. The number of alkyl halides is 3. The highest BCUT2D eigenvalue weighted by Crippen LogP contribution is 2.36. The van der Waals surface area contributed by atoms with E-state index in [1.165, 1.54) is 34.3 Å². The molecule has 2 aromatic carbocycles. The Hall–Kier alpha value is -6.05. The summed E-state index contributed by atoms with van der Waals surface area (Å²) in [5, 5.41) is 4.34. The number of hydrogen-bond acceptors (Lipinski definition) is 11. The van der Waals surface area contributed by atoms with E-state index in [1.54, 1.807) is 20.0 Å². The lowest BCUT2D eigenvalue weighted by atomic mass is 10.1. The van der Waals surface area contributed by atoms with Crippen LogP contribution in [0, 0.1) is 24.4 Å². The van der Waals surface area contributed by atoms with Crippen LogP contribution in [0.3, 0.4) is 0 Å². The van der Waals surface area contributed by atoms with Gasteiger partial charge in [0.25, 0.3) is 0 Å². The van der Waals surface area contributed by atoms with Crippen molar-refractivity contribution in [2.75, 3.05) is 38.3 Å². The maximum absolute atomic E-state index is 15.0. The summed E-state index contributed by atoms with van der Waals surface area (Å²) >= 11 is 0. The number of aryl methyl sites for hydroxylation is 1. The molecule has 0 N–H and O–H groups in total. The minimum Gasteiger partial charge on any atom is -0.458 e. The van der Waals surface area contributed by atoms with Crippen molar-refractivity contribution in [2.45, 2.75) is 51.2 Å². The molecule has 20 heteroatoms. The van der Waals surface area contributed by atoms with Crippen LogP contribution in [-0.4, -0.2) is 108 Å². The zero-order chi connectivity index (χ0) is 39.5. The highest BCUT2D eigenvalue weighted by molar-refractivity contribution is 5.93. The third-order valence-corrected chi connectivity index (χ3v) is 9.53. The molecule has 0 radical (unpaired) electrons. The van der Waals surface area contributed by atoms with Crippen molar-refractivity contribution in [2.24, 2.45) is 0 Å². The molecule has 56 heavy (non-hydrogen) atoms. The quantitative estimate of drug-likeness (QED) is 0.207. The van der Waals surface area contributed by atoms with E-state index in [1.807, 2.05) is 11.5 Å². The van der Waals surface area contributed by atoms with Gasteiger partial charge in [-0.2, -0.15) is 33.2 Å². The van der Waals surface area contributed by atoms with Gasteiger partial charge in [-0.25, -0.2) is 27.8 Å². The largest absolute Gasteiger partial charge is 0.458 e. The summed E-state index contributed by atoms with van der Waals surface area (Å²) in [6, 6.07) is 5.13. The Morgan fingerprint density at radius 3 is 2.57 bits per heavy atom. The first kappa shape index (κ1) is 36.9. The predicted octanol–water partition coefficient (Wildman–Crippen LogP) is 5.19. The first-order chi connectivity index (χ1) is 26.8. The third kappa shape index (κ3) is 6.99. The third-order valence-electron chi connectivity index (χ3n) is 9.53. The van der Waals surface area contributed by atoms with E-state index < -0.39 is 60.4 Å². The van der Waals surface area contributed by atoms with Gasteiger partial charge in [0.15, 0.2) is 18.1 Å². The molecule has 4 bridgehead atoms. The number of halogens is 6. The van der Waals surface area contributed by atoms with Crippen molar-refractivity contribution >= 4 is 33.8 Å². The van der Waals surface area contributed by atoms with E-state index in [9.17, 15) is 22.4 Å². The number of imidazole rings is 1. The lowest BCUT2D eigenvalue weighted by Crippen LogP contribution is -2.47. The monoisotopic (exact) mass is 782 g/mol. The summed E-state index contributed by atoms with van der Waals surface area (Å²) in [4.78, 5) is 39.5. The van der Waals surface area contributed by atoms with Gasteiger partial charge >= 0.3 is 18.2 Å². The van der Waals surface area contributed by atoms with E-state index in [0.717, 1.165) is 16.8 Å². The molecular weight excluding hydrogens is 750 g/mol. The van der Waals surface area contributed by atoms with Gasteiger partial charge in [-0.1, -0.05) is 0 Å². The summed E-state index contributed by atoms with van der Waals surface area (Å²) < 4.78 is 104. The molecule has 0 aliphatic carbocycles. The fourth-order valence-electron chi connectivity index (χ4n) is 7.20. The molecule has 2 aliphatic heterocycles. The number of fused-ring (bicyclic) bond motifs is 6. The number of amides is 1. The van der Waals surface area contributed by atoms with Crippen LogP contribution >= 0.6 is 0 Å². The number of carbonyl (C=O) groups is 1. The topological polar surface area (TPSA) is 138 Å². The Kier molecular flexibility index (Phi) is 9.37. The number of aromatic nitrogens is 8. The molecular formula is C36H32F6N10O4. The van der Waals surface area contributed by atoms with Gasteiger partial charge in [0, 0.05) is 50.5 Å². The maximum atomic E-state index is 15.0. The molecule has 2 aliphatic rings. The van der Waals surface area contributed by atoms with Crippen molar-refractivity contribution < 1.29 is 45.3 Å². The predicted molar refractivity (Wildman–Crippen MR) is 187 cm³/mol. The molecule has 6 aromatic rings. The highest BCUT2D eigenvalue weighted by Gasteiger charge is 2.42. The van der Waals surface area contributed by atoms with Crippen LogP contribution in [0.5, 0.6) is 12.0 Å². The normalized spacial score (nSPS) is 19.0. The van der Waals surface area contributed by atoms with Crippen LogP contribution in [0.25, 0.3) is 39.0 Å². The second kappa shape index (κ2) is 14.2. The zero-order valence-electron chi connectivity index (χ0n) is 30.0. The Balaban J connectivity index is 1.26. The fourth-order valence-corrected chi connectivity index (χ4v) is 7.20. The molecule has 4 aromatic heterocycles. The fraction of sp³-hybridized carbons (Fsp3) is 0.361. The molecule has 1 amide bonds. The van der Waals surface area contributed by atoms with Gasteiger partial charge in [0.1, 0.15) is 41.1 Å². The van der Waals surface area contributed by atoms with Crippen LogP contribution in [-0.2, 0) is 16.1 Å². The van der Waals surface area contributed by atoms with Crippen LogP contribution in [0.1, 0.15) is 19.2 Å². The molecule has 14 nitrogen and oxygen atoms in total. The van der Waals surface area contributed by atoms with E-state index in [-0.39, 0.29) is 54.6 Å². The van der Waals surface area contributed by atoms with E-state index >= 15 is 8.78 Å². The van der Waals surface area contributed by atoms with Crippen LogP contribution in [0.2, 0.25) is 0 Å². The first-order valence-corrected chi connectivity index (χ1v) is 17.5. The molecule has 6 heterocycles. The average Bonchev–Trinajstić information content (AvgIpc) is 3.84. The Morgan fingerprint density at radius 2 is 1.80 bits per heavy atom. The Bertz CT molecular complexity index is 2480. The molecule has 1 saturated heterocycles. The highest BCUT2D eigenvalue weighted by atomic mass is 19.4. The smallest absolute Gasteiger partial charge is 0.422 e. The summed E-state index contributed by atoms with van der Waals surface area (Å²) in [6.07, 6.45) is -3.39. The Morgan fingerprint density at radius 1 is 0.982 bits per heavy atom. The lowest BCUT2D eigenvalue weighted by molar-refractivity contribution is -0.154. The van der Waals surface area contributed by atoms with Crippen molar-refractivity contribution in [3.8, 4) is 29.0 Å². The molecule has 0 unspecified atom stereocenters. The van der Waals surface area contributed by atoms with E-state index in [2.05, 4.69) is 30.0 Å². The summed E-state index contributed by atoms with van der Waals surface area (Å²) in [7, 11) is 1.59. The van der Waals surface area contributed by atoms with Crippen molar-refractivity contribution in [3.63, 3.8) is 0 Å². The number of anilines is 1. The first-order valence-electron chi connectivity index (χ1n) is 17.5. The van der Waals surface area contributed by atoms with Gasteiger partial charge < -0.3 is 28.6 Å². The summed E-state index contributed by atoms with van der Waals surface area (Å²) in [6.45, 7) is 2.40. The van der Waals surface area contributed by atoms with E-state index in [0.29, 0.717) is 40.8 Å². The molecule has 292 valence electrons. The number of ether oxygens (including phenoxy) is 3. The molecule has 8 rings (SSSR count). The second-order valence-electron chi connectivity index (χ2n) is 13.4. The van der Waals surface area contributed by atoms with Gasteiger partial charge in [0.05, 0.1) is 47.5 Å². The average molecular weight is 783 g/mol. The zero-order valence-corrected chi connectivity index (χ0v) is 30.0. The Labute approximate surface area is 313 Å². The minimum atomic E-state index is -4.77. The maximum Gasteiger partial charge on any atom is 0.422 e. The van der Waals surface area contributed by atoms with Crippen LogP contribution in [0.4, 0.5) is 32.2 Å². The number of rotatable bonds is 6. The second-order valence-corrected chi connectivity index (χ2v) is 13.4. The van der Waals surface area contributed by atoms with Crippen LogP contribution < -0.4 is 14.4 Å². The van der Waals surface area contributed by atoms with Gasteiger partial charge in [-0.3, -0.25) is 4.79 Å². The molecule has 3 atom stereocenters. The number of likely N-dealkylation sites (N-methyl/N-ethyl adjacent to an activating group) is 1. The van der Waals surface area contributed by atoms with Gasteiger partial charge in [-0.05, 0) is 38.1 Å². The molecule has 0 saturated carbocycles. The van der Waals surface area contributed by atoms with Crippen molar-refractivity contribution in [1.82, 2.24) is 44.2 Å². The SMILES string of the molecule is CCO[C@H]1CN(C)C(=O)[C@@H]2C[C@@H](CN2c2nc(OCC(F)(F)F)nc3c2cnn3-c2ccc(F)cc2F)Oc2nccc(n2)-c2cc(F)cc3nc(C)n(c23)C1. The van der Waals surface area contributed by atoms with Gasteiger partial charge in [0.2, 0.25) is 5.91 Å². The number of carbonyl (C=O) groups excluding carboxylic acids is 1. The van der Waals surface area contributed by atoms with Crippen molar-refractivity contribution in [1.29, 1.82) is 0 Å². The van der Waals surface area contributed by atoms with Crippen LogP contribution in [0.15, 0.2) is 48.8 Å². The summed E-state index contributed by atoms with van der Waals surface area (Å²) in [5.41, 5.74) is 1.34. The van der Waals surface area contributed by atoms with Crippen molar-refractivity contribution in [3.05, 3.63) is 72.1 Å². The standard InChI is InChI=1S/C36H32F6N10O4/c1-4-54-22-14-49(3)33(53)29-12-21(56-34-43-8-7-26(46-34)23-9-20(38)11-27-30(23)50(16-22)18(2)45-27)15-51(29)31-24-13-44-52(28-6-5-19(37)10-25(28)39)32(24)48-35(47-31)55-17-36(40,41)42/h5-11,13,21-22,29H,4,12,14-17H2,1-3H3/t21-,22-,29-/m0/s1. The lowest BCUT2D eigenvalue weighted by Gasteiger charge is -2.31. The number of hydrogen-bond donors (Lipinski definition) is 0. The summed E-state index contributed by atoms with van der Waals surface area (Å²) in [5.74, 6) is -2.31. The number of nitrogens with zero attached hydrogens (tertiary/aromatic N) is 10. The molecule has 0 spiro atoms. The van der Waals surface area contributed by atoms with Gasteiger partial charge in [-0.15, -0.1) is 0 Å². The minimum absolute atomic E-state index is 0.0360. The van der Waals surface area contributed by atoms with E-state index in [4.69, 9.17) is 14.2 Å². The molecule has 1 fully saturated rings.